The summed E-state index contributed by atoms with van der Waals surface area (Å²) in [4.78, 5) is 25.2. The smallest absolute Gasteiger partial charge is 0.330 e. The topological polar surface area (TPSA) is 78.4 Å². The van der Waals surface area contributed by atoms with E-state index in [0.717, 1.165) is 24.1 Å². The minimum Gasteiger partial charge on any atom is -0.479 e. The average Bonchev–Trinajstić information content (AvgIpc) is 3.04. The lowest BCUT2D eigenvalue weighted by Crippen LogP contribution is -2.34. The zero-order valence-corrected chi connectivity index (χ0v) is 17.0. The monoisotopic (exact) mass is 434 g/mol. The maximum atomic E-state index is 15.0. The molecular weight excluding hydrogens is 414 g/mol. The van der Waals surface area contributed by atoms with Crippen LogP contribution in [0.15, 0.2) is 60.7 Å². The van der Waals surface area contributed by atoms with Gasteiger partial charge in [-0.3, -0.25) is 4.79 Å². The van der Waals surface area contributed by atoms with E-state index in [0.29, 0.717) is 12.1 Å². The van der Waals surface area contributed by atoms with E-state index in [4.69, 9.17) is 0 Å². The summed E-state index contributed by atoms with van der Waals surface area (Å²) in [5, 5.41) is 15.6. The number of benzene rings is 3. The highest BCUT2D eigenvalue weighted by molar-refractivity contribution is 6.05. The van der Waals surface area contributed by atoms with E-state index in [1.54, 1.807) is 24.3 Å². The van der Waals surface area contributed by atoms with Crippen LogP contribution >= 0.6 is 0 Å². The van der Waals surface area contributed by atoms with Crippen molar-refractivity contribution < 1.29 is 23.5 Å². The van der Waals surface area contributed by atoms with Crippen molar-refractivity contribution in [3.63, 3.8) is 0 Å². The van der Waals surface area contributed by atoms with Gasteiger partial charge >= 0.3 is 5.97 Å². The number of aliphatic carboxylic acids is 1. The van der Waals surface area contributed by atoms with Gasteiger partial charge in [0.15, 0.2) is 6.04 Å². The van der Waals surface area contributed by atoms with Crippen molar-refractivity contribution in [3.05, 3.63) is 94.0 Å². The zero-order chi connectivity index (χ0) is 22.5. The second kappa shape index (κ2) is 7.53. The number of rotatable bonds is 4. The summed E-state index contributed by atoms with van der Waals surface area (Å²) in [6.07, 6.45) is 0.851. The van der Waals surface area contributed by atoms with E-state index < -0.39 is 23.8 Å². The van der Waals surface area contributed by atoms with Gasteiger partial charge < -0.3 is 15.7 Å². The summed E-state index contributed by atoms with van der Waals surface area (Å²) in [7, 11) is 0. The van der Waals surface area contributed by atoms with E-state index in [2.05, 4.69) is 10.6 Å². The van der Waals surface area contributed by atoms with Crippen molar-refractivity contribution in [1.29, 1.82) is 0 Å². The van der Waals surface area contributed by atoms with Gasteiger partial charge in [0.1, 0.15) is 0 Å². The summed E-state index contributed by atoms with van der Waals surface area (Å²) in [6, 6.07) is 14.3. The molecule has 5 nitrogen and oxygen atoms in total. The normalized spacial score (nSPS) is 16.4. The molecule has 1 aliphatic carbocycles. The molecule has 1 heterocycles. The molecule has 2 aliphatic rings. The largest absolute Gasteiger partial charge is 0.479 e. The second-order valence-corrected chi connectivity index (χ2v) is 8.05. The first-order valence-corrected chi connectivity index (χ1v) is 10.3. The summed E-state index contributed by atoms with van der Waals surface area (Å²) in [5.41, 5.74) is 2.61. The van der Waals surface area contributed by atoms with Crippen LogP contribution in [-0.4, -0.2) is 23.5 Å². The Morgan fingerprint density at radius 2 is 1.78 bits per heavy atom. The molecule has 32 heavy (non-hydrogen) atoms. The highest BCUT2D eigenvalue weighted by Gasteiger charge is 2.45. The number of fused-ring (bicyclic) bond motifs is 4. The number of halogens is 2. The fourth-order valence-electron chi connectivity index (χ4n) is 4.59. The van der Waals surface area contributed by atoms with Crippen molar-refractivity contribution in [2.75, 3.05) is 6.54 Å². The Morgan fingerprint density at radius 3 is 2.59 bits per heavy atom. The van der Waals surface area contributed by atoms with E-state index in [1.807, 2.05) is 6.07 Å². The zero-order valence-electron chi connectivity index (χ0n) is 17.0. The standard InChI is InChI=1S/C25H20F2N2O3/c26-25(27)19-6-2-1-4-17(19)21-18(5-3-7-20(21)25)23(30)29-22(24(31)32)15-9-8-14-10-11-28-13-16(14)12-15/h1-9,12,22,28H,10-11,13H2,(H,29,30)(H,31,32). The van der Waals surface area contributed by atoms with Gasteiger partial charge in [-0.25, -0.2) is 4.79 Å². The van der Waals surface area contributed by atoms with Gasteiger partial charge in [0.25, 0.3) is 11.8 Å². The van der Waals surface area contributed by atoms with Crippen LogP contribution in [0.1, 0.15) is 44.2 Å². The first-order valence-electron chi connectivity index (χ1n) is 10.3. The molecule has 0 saturated heterocycles. The molecule has 0 saturated carbocycles. The highest BCUT2D eigenvalue weighted by Crippen LogP contribution is 2.51. The Morgan fingerprint density at radius 1 is 1.00 bits per heavy atom. The van der Waals surface area contributed by atoms with Gasteiger partial charge in [-0.15, -0.1) is 0 Å². The number of nitrogens with one attached hydrogen (secondary N) is 2. The molecule has 7 heteroatoms. The van der Waals surface area contributed by atoms with Crippen LogP contribution in [0.3, 0.4) is 0 Å². The number of hydrogen-bond donors (Lipinski definition) is 3. The summed E-state index contributed by atoms with van der Waals surface area (Å²) in [6.45, 7) is 1.48. The molecule has 5 rings (SSSR count). The van der Waals surface area contributed by atoms with Crippen molar-refractivity contribution in [2.45, 2.75) is 24.9 Å². The van der Waals surface area contributed by atoms with Crippen LogP contribution in [-0.2, 0) is 23.7 Å². The van der Waals surface area contributed by atoms with Gasteiger partial charge in [-0.2, -0.15) is 8.78 Å². The number of alkyl halides is 2. The molecular formula is C25H20F2N2O3. The number of carboxylic acid groups (broad SMARTS) is 1. The van der Waals surface area contributed by atoms with Crippen molar-refractivity contribution in [2.24, 2.45) is 0 Å². The van der Waals surface area contributed by atoms with Crippen molar-refractivity contribution in [3.8, 4) is 11.1 Å². The predicted molar refractivity (Wildman–Crippen MR) is 115 cm³/mol. The first kappa shape index (κ1) is 20.3. The van der Waals surface area contributed by atoms with Crippen molar-refractivity contribution in [1.82, 2.24) is 10.6 Å². The molecule has 0 aromatic heterocycles. The Kier molecular flexibility index (Phi) is 4.78. The summed E-state index contributed by atoms with van der Waals surface area (Å²) >= 11 is 0. The van der Waals surface area contributed by atoms with Gasteiger partial charge in [-0.1, -0.05) is 54.6 Å². The van der Waals surface area contributed by atoms with E-state index in [1.165, 1.54) is 30.3 Å². The number of carbonyl (C=O) groups excluding carboxylic acids is 1. The maximum Gasteiger partial charge on any atom is 0.330 e. The molecule has 162 valence electrons. The Bertz CT molecular complexity index is 1260. The molecule has 3 N–H and O–H groups in total. The minimum absolute atomic E-state index is 0.0259. The molecule has 3 aromatic rings. The van der Waals surface area contributed by atoms with Gasteiger partial charge in [0.2, 0.25) is 0 Å². The minimum atomic E-state index is -3.22. The lowest BCUT2D eigenvalue weighted by atomic mass is 9.95. The maximum absolute atomic E-state index is 15.0. The van der Waals surface area contributed by atoms with Crippen LogP contribution in [0, 0.1) is 0 Å². The lowest BCUT2D eigenvalue weighted by Gasteiger charge is -2.21. The molecule has 0 bridgehead atoms. The molecule has 0 radical (unpaired) electrons. The van der Waals surface area contributed by atoms with Gasteiger partial charge in [0.05, 0.1) is 0 Å². The molecule has 1 atom stereocenters. The average molecular weight is 434 g/mol. The molecule has 1 aliphatic heterocycles. The number of hydrogen-bond acceptors (Lipinski definition) is 3. The fraction of sp³-hybridized carbons (Fsp3) is 0.200. The molecule has 1 amide bonds. The number of carbonyl (C=O) groups is 2. The molecule has 0 spiro atoms. The quantitative estimate of drug-likeness (QED) is 0.580. The third kappa shape index (κ3) is 3.17. The van der Waals surface area contributed by atoms with Crippen molar-refractivity contribution >= 4 is 11.9 Å². The fourth-order valence-corrected chi connectivity index (χ4v) is 4.59. The van der Waals surface area contributed by atoms with Crippen LogP contribution in [0.4, 0.5) is 8.78 Å². The third-order valence-electron chi connectivity index (χ3n) is 6.15. The summed E-state index contributed by atoms with van der Waals surface area (Å²) < 4.78 is 29.9. The number of carboxylic acids is 1. The predicted octanol–water partition coefficient (Wildman–Crippen LogP) is 4.01. The van der Waals surface area contributed by atoms with Crippen LogP contribution in [0.2, 0.25) is 0 Å². The van der Waals surface area contributed by atoms with E-state index in [9.17, 15) is 23.5 Å². The molecule has 0 fully saturated rings. The van der Waals surface area contributed by atoms with E-state index in [-0.39, 0.29) is 27.8 Å². The van der Waals surface area contributed by atoms with Crippen LogP contribution < -0.4 is 10.6 Å². The highest BCUT2D eigenvalue weighted by atomic mass is 19.3. The number of amides is 1. The van der Waals surface area contributed by atoms with E-state index >= 15 is 0 Å². The first-order chi connectivity index (χ1) is 15.4. The Balaban J connectivity index is 1.52. The molecule has 1 unspecified atom stereocenters. The lowest BCUT2D eigenvalue weighted by molar-refractivity contribution is -0.139. The Hall–Kier alpha value is -3.58. The van der Waals surface area contributed by atoms with Gasteiger partial charge in [-0.05, 0) is 41.3 Å². The second-order valence-electron chi connectivity index (χ2n) is 8.05. The molecule has 3 aromatic carbocycles. The summed E-state index contributed by atoms with van der Waals surface area (Å²) in [5.74, 6) is -5.15. The van der Waals surface area contributed by atoms with Gasteiger partial charge in [0, 0.05) is 28.8 Å². The third-order valence-corrected chi connectivity index (χ3v) is 6.15. The van der Waals surface area contributed by atoms with Crippen LogP contribution in [0.25, 0.3) is 11.1 Å². The SMILES string of the molecule is O=C(NC(C(=O)O)c1ccc2c(c1)CNCC2)c1cccc2c1-c1ccccc1C2(F)F. The Labute approximate surface area is 183 Å². The van der Waals surface area contributed by atoms with Crippen LogP contribution in [0.5, 0.6) is 0 Å².